The number of halogens is 1. The number of ether oxygens (including phenoxy) is 2. The summed E-state index contributed by atoms with van der Waals surface area (Å²) in [4.78, 5) is 13.8. The number of carbonyl (C=O) groups excluding carboxylic acids is 1. The summed E-state index contributed by atoms with van der Waals surface area (Å²) >= 11 is 3.52. The number of nitrogens with zero attached hydrogens (tertiary/aromatic N) is 1. The van der Waals surface area contributed by atoms with Crippen molar-refractivity contribution in [2.24, 2.45) is 11.3 Å². The van der Waals surface area contributed by atoms with Gasteiger partial charge in [0.2, 0.25) is 0 Å². The zero-order chi connectivity index (χ0) is 17.9. The first kappa shape index (κ1) is 18.7. The van der Waals surface area contributed by atoms with E-state index in [2.05, 4.69) is 33.8 Å². The van der Waals surface area contributed by atoms with Crippen LogP contribution in [-0.2, 0) is 9.53 Å². The summed E-state index contributed by atoms with van der Waals surface area (Å²) in [6.07, 6.45) is 4.91. The van der Waals surface area contributed by atoms with Crippen LogP contribution < -0.4 is 4.74 Å². The van der Waals surface area contributed by atoms with Gasteiger partial charge in [-0.25, -0.2) is 0 Å². The predicted octanol–water partition coefficient (Wildman–Crippen LogP) is 4.19. The SMILES string of the molecule is CCOC(=O)CN1CCC2(CC1)CC(COc1ccc(Br)c(C)c1)C2. The lowest BCUT2D eigenvalue weighted by Gasteiger charge is -2.52. The number of rotatable bonds is 6. The largest absolute Gasteiger partial charge is 0.493 e. The summed E-state index contributed by atoms with van der Waals surface area (Å²) in [5.41, 5.74) is 1.70. The molecular weight excluding hydrogens is 382 g/mol. The fourth-order valence-electron chi connectivity index (χ4n) is 4.19. The van der Waals surface area contributed by atoms with Gasteiger partial charge in [-0.15, -0.1) is 0 Å². The van der Waals surface area contributed by atoms with Gasteiger partial charge in [0.1, 0.15) is 5.75 Å². The van der Waals surface area contributed by atoms with Gasteiger partial charge < -0.3 is 9.47 Å². The quantitative estimate of drug-likeness (QED) is 0.660. The Kier molecular flexibility index (Phi) is 6.05. The molecule has 3 rings (SSSR count). The Morgan fingerprint density at radius 2 is 2.04 bits per heavy atom. The minimum Gasteiger partial charge on any atom is -0.493 e. The molecule has 0 amide bonds. The number of carbonyl (C=O) groups is 1. The Labute approximate surface area is 159 Å². The summed E-state index contributed by atoms with van der Waals surface area (Å²) in [6, 6.07) is 6.16. The molecule has 5 heteroatoms. The maximum Gasteiger partial charge on any atom is 0.320 e. The van der Waals surface area contributed by atoms with Gasteiger partial charge in [0.15, 0.2) is 0 Å². The lowest BCUT2D eigenvalue weighted by Crippen LogP contribution is -2.49. The average molecular weight is 410 g/mol. The van der Waals surface area contributed by atoms with Gasteiger partial charge >= 0.3 is 5.97 Å². The molecule has 1 saturated heterocycles. The third-order valence-electron chi connectivity index (χ3n) is 5.63. The van der Waals surface area contributed by atoms with E-state index in [1.807, 2.05) is 19.1 Å². The van der Waals surface area contributed by atoms with E-state index < -0.39 is 0 Å². The van der Waals surface area contributed by atoms with Crippen molar-refractivity contribution in [1.29, 1.82) is 0 Å². The van der Waals surface area contributed by atoms with Gasteiger partial charge in [-0.05, 0) is 87.7 Å². The molecule has 0 unspecified atom stereocenters. The molecule has 1 aromatic rings. The van der Waals surface area contributed by atoms with Crippen LogP contribution in [0.3, 0.4) is 0 Å². The maximum atomic E-state index is 11.6. The van der Waals surface area contributed by atoms with E-state index in [0.717, 1.165) is 29.9 Å². The molecule has 1 aromatic carbocycles. The van der Waals surface area contributed by atoms with Crippen molar-refractivity contribution in [2.45, 2.75) is 39.5 Å². The summed E-state index contributed by atoms with van der Waals surface area (Å²) < 4.78 is 12.2. The van der Waals surface area contributed by atoms with Crippen LogP contribution in [0, 0.1) is 18.3 Å². The number of benzene rings is 1. The highest BCUT2D eigenvalue weighted by atomic mass is 79.9. The summed E-state index contributed by atoms with van der Waals surface area (Å²) in [5.74, 6) is 1.54. The Balaban J connectivity index is 1.38. The Morgan fingerprint density at radius 1 is 1.32 bits per heavy atom. The second-order valence-corrected chi connectivity index (χ2v) is 8.43. The summed E-state index contributed by atoms with van der Waals surface area (Å²) in [6.45, 7) is 7.69. The molecule has 0 atom stereocenters. The lowest BCUT2D eigenvalue weighted by molar-refractivity contribution is -0.145. The van der Waals surface area contributed by atoms with Gasteiger partial charge in [-0.3, -0.25) is 9.69 Å². The van der Waals surface area contributed by atoms with Crippen molar-refractivity contribution >= 4 is 21.9 Å². The Hall–Kier alpha value is -1.07. The standard InChI is InChI=1S/C20H28BrNO3/c1-3-24-19(23)13-22-8-6-20(7-9-22)11-16(12-20)14-25-17-4-5-18(21)15(2)10-17/h4-5,10,16H,3,6-9,11-14H2,1-2H3. The first-order chi connectivity index (χ1) is 12.0. The average Bonchev–Trinajstić information content (AvgIpc) is 2.56. The molecule has 0 radical (unpaired) electrons. The van der Waals surface area contributed by atoms with Gasteiger partial charge in [-0.2, -0.15) is 0 Å². The van der Waals surface area contributed by atoms with E-state index in [-0.39, 0.29) is 5.97 Å². The van der Waals surface area contributed by atoms with Gasteiger partial charge in [0.05, 0.1) is 19.8 Å². The van der Waals surface area contributed by atoms with Crippen LogP contribution in [0.4, 0.5) is 0 Å². The maximum absolute atomic E-state index is 11.6. The van der Waals surface area contributed by atoms with Crippen molar-refractivity contribution in [3.05, 3.63) is 28.2 Å². The molecule has 0 aromatic heterocycles. The van der Waals surface area contributed by atoms with E-state index >= 15 is 0 Å². The number of esters is 1. The minimum atomic E-state index is -0.0943. The number of aryl methyl sites for hydroxylation is 1. The molecule has 2 fully saturated rings. The number of hydrogen-bond acceptors (Lipinski definition) is 4. The molecule has 0 N–H and O–H groups in total. The second-order valence-electron chi connectivity index (χ2n) is 7.58. The number of hydrogen-bond donors (Lipinski definition) is 0. The smallest absolute Gasteiger partial charge is 0.320 e. The van der Waals surface area contributed by atoms with Crippen molar-refractivity contribution < 1.29 is 14.3 Å². The molecule has 1 spiro atoms. The van der Waals surface area contributed by atoms with Gasteiger partial charge in [-0.1, -0.05) is 15.9 Å². The molecule has 2 aliphatic rings. The molecule has 25 heavy (non-hydrogen) atoms. The van der Waals surface area contributed by atoms with Gasteiger partial charge in [0, 0.05) is 4.47 Å². The van der Waals surface area contributed by atoms with Crippen LogP contribution in [0.2, 0.25) is 0 Å². The highest BCUT2D eigenvalue weighted by molar-refractivity contribution is 9.10. The van der Waals surface area contributed by atoms with Crippen LogP contribution >= 0.6 is 15.9 Å². The van der Waals surface area contributed by atoms with Crippen LogP contribution in [-0.4, -0.2) is 43.7 Å². The fraction of sp³-hybridized carbons (Fsp3) is 0.650. The third-order valence-corrected chi connectivity index (χ3v) is 6.52. The summed E-state index contributed by atoms with van der Waals surface area (Å²) in [5, 5.41) is 0. The predicted molar refractivity (Wildman–Crippen MR) is 102 cm³/mol. The molecule has 1 aliphatic carbocycles. The van der Waals surface area contributed by atoms with Crippen LogP contribution in [0.5, 0.6) is 5.75 Å². The Morgan fingerprint density at radius 3 is 2.68 bits per heavy atom. The van der Waals surface area contributed by atoms with Crippen molar-refractivity contribution in [1.82, 2.24) is 4.90 Å². The monoisotopic (exact) mass is 409 g/mol. The van der Waals surface area contributed by atoms with E-state index in [0.29, 0.717) is 24.5 Å². The first-order valence-corrected chi connectivity index (χ1v) is 10.1. The molecule has 4 nitrogen and oxygen atoms in total. The van der Waals surface area contributed by atoms with Gasteiger partial charge in [0.25, 0.3) is 0 Å². The second kappa shape index (κ2) is 8.09. The zero-order valence-electron chi connectivity index (χ0n) is 15.2. The Bertz CT molecular complexity index is 603. The topological polar surface area (TPSA) is 38.8 Å². The van der Waals surface area contributed by atoms with Crippen LogP contribution in [0.1, 0.15) is 38.2 Å². The lowest BCUT2D eigenvalue weighted by atomic mass is 9.58. The van der Waals surface area contributed by atoms with E-state index in [1.54, 1.807) is 0 Å². The number of piperidine rings is 1. The van der Waals surface area contributed by atoms with E-state index in [1.165, 1.54) is 31.2 Å². The molecule has 1 heterocycles. The molecule has 138 valence electrons. The fourth-order valence-corrected chi connectivity index (χ4v) is 4.43. The molecule has 0 bridgehead atoms. The highest BCUT2D eigenvalue weighted by Gasteiger charge is 2.45. The van der Waals surface area contributed by atoms with Crippen LogP contribution in [0.15, 0.2) is 22.7 Å². The first-order valence-electron chi connectivity index (χ1n) is 9.27. The number of likely N-dealkylation sites (tertiary alicyclic amines) is 1. The normalized spacial score (nSPS) is 20.3. The van der Waals surface area contributed by atoms with E-state index in [9.17, 15) is 4.79 Å². The van der Waals surface area contributed by atoms with Crippen molar-refractivity contribution in [3.63, 3.8) is 0 Å². The van der Waals surface area contributed by atoms with Crippen molar-refractivity contribution in [3.8, 4) is 5.75 Å². The highest BCUT2D eigenvalue weighted by Crippen LogP contribution is 2.52. The zero-order valence-corrected chi connectivity index (χ0v) is 16.8. The molecular formula is C20H28BrNO3. The van der Waals surface area contributed by atoms with Crippen molar-refractivity contribution in [2.75, 3.05) is 32.8 Å². The van der Waals surface area contributed by atoms with E-state index in [4.69, 9.17) is 9.47 Å². The van der Waals surface area contributed by atoms with Crippen LogP contribution in [0.25, 0.3) is 0 Å². The minimum absolute atomic E-state index is 0.0943. The summed E-state index contributed by atoms with van der Waals surface area (Å²) in [7, 11) is 0. The molecule has 1 saturated carbocycles. The molecule has 1 aliphatic heterocycles. The third kappa shape index (κ3) is 4.76.